The number of benzene rings is 2. The summed E-state index contributed by atoms with van der Waals surface area (Å²) in [6.07, 6.45) is 1.22. The fraction of sp³-hybridized carbons (Fsp3) is 0.286. The maximum absolute atomic E-state index is 13.4. The monoisotopic (exact) mass is 401 g/mol. The highest BCUT2D eigenvalue weighted by Crippen LogP contribution is 2.43. The minimum Gasteiger partial charge on any atom is -0.491 e. The normalized spacial score (nSPS) is 19.5. The topological polar surface area (TPSA) is 57.2 Å². The van der Waals surface area contributed by atoms with E-state index in [1.54, 1.807) is 24.3 Å². The highest BCUT2D eigenvalue weighted by Gasteiger charge is 2.45. The van der Waals surface area contributed by atoms with Crippen molar-refractivity contribution >= 4 is 5.91 Å². The Kier molecular flexibility index (Phi) is 4.99. The van der Waals surface area contributed by atoms with Crippen LogP contribution < -0.4 is 14.2 Å². The molecule has 0 bridgehead atoms. The molecule has 0 spiro atoms. The van der Waals surface area contributed by atoms with Gasteiger partial charge in [0.05, 0.1) is 18.7 Å². The Morgan fingerprint density at radius 3 is 2.93 bits per heavy atom. The van der Waals surface area contributed by atoms with E-state index in [1.165, 1.54) is 23.1 Å². The van der Waals surface area contributed by atoms with Gasteiger partial charge in [-0.25, -0.2) is 0 Å². The van der Waals surface area contributed by atoms with E-state index in [1.807, 2.05) is 0 Å². The Labute approximate surface area is 165 Å². The van der Waals surface area contributed by atoms with Gasteiger partial charge in [-0.1, -0.05) is 18.1 Å². The lowest BCUT2D eigenvalue weighted by atomic mass is 10.1. The molecule has 1 fully saturated rings. The van der Waals surface area contributed by atoms with Crippen LogP contribution in [0.2, 0.25) is 0 Å². The maximum Gasteiger partial charge on any atom is 0.586 e. The van der Waals surface area contributed by atoms with Crippen LogP contribution in [0.15, 0.2) is 42.5 Å². The van der Waals surface area contributed by atoms with Gasteiger partial charge in [-0.3, -0.25) is 4.79 Å². The van der Waals surface area contributed by atoms with Crippen molar-refractivity contribution in [3.63, 3.8) is 0 Å². The lowest BCUT2D eigenvalue weighted by Gasteiger charge is -2.33. The Bertz CT molecular complexity index is 972. The van der Waals surface area contributed by atoms with Crippen LogP contribution in [-0.2, 0) is 4.74 Å². The standard InChI is InChI=1S/C21H17F2NO5/c1-2-14-5-3-6-15(11-14)27-13-16-12-24(9-10-26-16)20(25)17-7-4-8-18-19(17)29-21(22,23)28-18/h1,3-8,11,16H,9-10,12-13H2. The number of hydrogen-bond acceptors (Lipinski definition) is 5. The summed E-state index contributed by atoms with van der Waals surface area (Å²) in [7, 11) is 0. The number of terminal acetylenes is 1. The van der Waals surface area contributed by atoms with Crippen molar-refractivity contribution in [3.05, 3.63) is 53.6 Å². The molecule has 2 aromatic rings. The van der Waals surface area contributed by atoms with Crippen LogP contribution in [0.3, 0.4) is 0 Å². The van der Waals surface area contributed by atoms with Crippen LogP contribution >= 0.6 is 0 Å². The summed E-state index contributed by atoms with van der Waals surface area (Å²) in [6, 6.07) is 11.3. The molecular weight excluding hydrogens is 384 g/mol. The van der Waals surface area contributed by atoms with Gasteiger partial charge in [0, 0.05) is 12.1 Å². The number of carbonyl (C=O) groups is 1. The van der Waals surface area contributed by atoms with Gasteiger partial charge in [0.2, 0.25) is 0 Å². The second-order valence-electron chi connectivity index (χ2n) is 6.53. The quantitative estimate of drug-likeness (QED) is 0.738. The summed E-state index contributed by atoms with van der Waals surface area (Å²) < 4.78 is 47.1. The zero-order valence-corrected chi connectivity index (χ0v) is 15.3. The number of carbonyl (C=O) groups excluding carboxylic acids is 1. The molecule has 0 N–H and O–H groups in total. The van der Waals surface area contributed by atoms with E-state index in [4.69, 9.17) is 15.9 Å². The first-order chi connectivity index (χ1) is 13.9. The second kappa shape index (κ2) is 7.60. The molecule has 0 aromatic heterocycles. The predicted octanol–water partition coefficient (Wildman–Crippen LogP) is 2.91. The van der Waals surface area contributed by atoms with E-state index in [9.17, 15) is 13.6 Å². The highest BCUT2D eigenvalue weighted by molar-refractivity contribution is 5.98. The molecule has 0 saturated carbocycles. The number of halogens is 2. The molecule has 29 heavy (non-hydrogen) atoms. The van der Waals surface area contributed by atoms with Gasteiger partial charge in [-0.2, -0.15) is 0 Å². The van der Waals surface area contributed by atoms with E-state index in [2.05, 4.69) is 15.4 Å². The molecule has 4 rings (SSSR count). The largest absolute Gasteiger partial charge is 0.586 e. The molecule has 2 aliphatic heterocycles. The number of alkyl halides is 2. The van der Waals surface area contributed by atoms with Gasteiger partial charge in [0.25, 0.3) is 5.91 Å². The third-order valence-electron chi connectivity index (χ3n) is 4.52. The predicted molar refractivity (Wildman–Crippen MR) is 98.2 cm³/mol. The smallest absolute Gasteiger partial charge is 0.491 e. The molecular formula is C21H17F2NO5. The molecule has 2 aliphatic rings. The molecule has 1 atom stereocenters. The number of nitrogens with zero attached hydrogens (tertiary/aromatic N) is 1. The zero-order valence-electron chi connectivity index (χ0n) is 15.3. The molecule has 1 unspecified atom stereocenters. The summed E-state index contributed by atoms with van der Waals surface area (Å²) in [6.45, 7) is 1.08. The number of morpholine rings is 1. The van der Waals surface area contributed by atoms with Crippen molar-refractivity contribution in [3.8, 4) is 29.6 Å². The number of amides is 1. The van der Waals surface area contributed by atoms with E-state index in [-0.39, 0.29) is 36.3 Å². The molecule has 6 nitrogen and oxygen atoms in total. The summed E-state index contributed by atoms with van der Waals surface area (Å²) in [5.74, 6) is 2.27. The van der Waals surface area contributed by atoms with Crippen molar-refractivity contribution in [2.24, 2.45) is 0 Å². The third-order valence-corrected chi connectivity index (χ3v) is 4.52. The Morgan fingerprint density at radius 2 is 2.10 bits per heavy atom. The summed E-state index contributed by atoms with van der Waals surface area (Å²) in [5, 5.41) is 0. The minimum atomic E-state index is -3.78. The second-order valence-corrected chi connectivity index (χ2v) is 6.53. The number of rotatable bonds is 4. The van der Waals surface area contributed by atoms with Gasteiger partial charge in [-0.15, -0.1) is 15.2 Å². The highest BCUT2D eigenvalue weighted by atomic mass is 19.3. The fourth-order valence-corrected chi connectivity index (χ4v) is 3.18. The van der Waals surface area contributed by atoms with Gasteiger partial charge < -0.3 is 23.8 Å². The molecule has 2 aromatic carbocycles. The molecule has 1 saturated heterocycles. The average molecular weight is 401 g/mol. The Balaban J connectivity index is 1.42. The molecule has 8 heteroatoms. The van der Waals surface area contributed by atoms with E-state index < -0.39 is 12.2 Å². The summed E-state index contributed by atoms with van der Waals surface area (Å²) >= 11 is 0. The van der Waals surface area contributed by atoms with Crippen LogP contribution in [0.4, 0.5) is 8.78 Å². The van der Waals surface area contributed by atoms with Crippen molar-refractivity contribution < 1.29 is 32.5 Å². The van der Waals surface area contributed by atoms with Crippen LogP contribution in [-0.4, -0.2) is 49.5 Å². The number of fused-ring (bicyclic) bond motifs is 1. The molecule has 2 heterocycles. The van der Waals surface area contributed by atoms with Gasteiger partial charge >= 0.3 is 6.29 Å². The average Bonchev–Trinajstić information content (AvgIpc) is 3.06. The molecule has 150 valence electrons. The molecule has 0 aliphatic carbocycles. The van der Waals surface area contributed by atoms with Gasteiger partial charge in [-0.05, 0) is 30.3 Å². The first kappa shape index (κ1) is 19.0. The van der Waals surface area contributed by atoms with Crippen LogP contribution in [0.5, 0.6) is 17.2 Å². The molecule has 0 radical (unpaired) electrons. The Hall–Kier alpha value is -3.31. The van der Waals surface area contributed by atoms with Crippen LogP contribution in [0.25, 0.3) is 0 Å². The van der Waals surface area contributed by atoms with Crippen molar-refractivity contribution in [2.45, 2.75) is 12.4 Å². The lowest BCUT2D eigenvalue weighted by molar-refractivity contribution is -0.286. The SMILES string of the molecule is C#Cc1cccc(OCC2CN(C(=O)c3cccc4c3OC(F)(F)O4)CCO2)c1. The van der Waals surface area contributed by atoms with Gasteiger partial charge in [0.1, 0.15) is 18.5 Å². The van der Waals surface area contributed by atoms with E-state index in [0.717, 1.165) is 0 Å². The first-order valence-corrected chi connectivity index (χ1v) is 8.94. The maximum atomic E-state index is 13.4. The fourth-order valence-electron chi connectivity index (χ4n) is 3.18. The Morgan fingerprint density at radius 1 is 1.28 bits per heavy atom. The minimum absolute atomic E-state index is 0.0166. The third kappa shape index (κ3) is 4.10. The number of para-hydroxylation sites is 1. The summed E-state index contributed by atoms with van der Waals surface area (Å²) in [4.78, 5) is 14.4. The van der Waals surface area contributed by atoms with Crippen LogP contribution in [0, 0.1) is 12.3 Å². The zero-order chi connectivity index (χ0) is 20.4. The summed E-state index contributed by atoms with van der Waals surface area (Å²) in [5.41, 5.74) is 0.712. The lowest BCUT2D eigenvalue weighted by Crippen LogP contribution is -2.47. The number of ether oxygens (including phenoxy) is 4. The number of hydrogen-bond donors (Lipinski definition) is 0. The van der Waals surface area contributed by atoms with Crippen molar-refractivity contribution in [1.82, 2.24) is 4.90 Å². The first-order valence-electron chi connectivity index (χ1n) is 8.94. The van der Waals surface area contributed by atoms with E-state index >= 15 is 0 Å². The van der Waals surface area contributed by atoms with Crippen molar-refractivity contribution in [1.29, 1.82) is 0 Å². The molecule has 1 amide bonds. The van der Waals surface area contributed by atoms with Gasteiger partial charge in [0.15, 0.2) is 11.5 Å². The van der Waals surface area contributed by atoms with E-state index in [0.29, 0.717) is 24.5 Å². The van der Waals surface area contributed by atoms with Crippen molar-refractivity contribution in [2.75, 3.05) is 26.3 Å². The van der Waals surface area contributed by atoms with Crippen LogP contribution in [0.1, 0.15) is 15.9 Å².